The van der Waals surface area contributed by atoms with E-state index in [1.807, 2.05) is 0 Å². The van der Waals surface area contributed by atoms with E-state index in [1.165, 1.54) is 16.4 Å². The average Bonchev–Trinajstić information content (AvgIpc) is 2.80. The van der Waals surface area contributed by atoms with E-state index in [1.54, 1.807) is 11.3 Å². The van der Waals surface area contributed by atoms with Crippen LogP contribution < -0.4 is 26.9 Å². The molecule has 1 aromatic carbocycles. The predicted molar refractivity (Wildman–Crippen MR) is 66.1 cm³/mol. The summed E-state index contributed by atoms with van der Waals surface area (Å²) < 4.78 is 3.47. The van der Waals surface area contributed by atoms with E-state index in [0.29, 0.717) is 0 Å². The van der Waals surface area contributed by atoms with Gasteiger partial charge in [-0.25, -0.2) is 4.57 Å². The first kappa shape index (κ1) is 12.1. The standard InChI is InChI=1S/C11H9BrN2S.BrH/c12-9-3-1-8(2-4-9)10-7-15-11-13-5-6-14(10)11;/h1-4,7H,5-6H2;1H. The van der Waals surface area contributed by atoms with Gasteiger partial charge in [-0.05, 0) is 24.3 Å². The summed E-state index contributed by atoms with van der Waals surface area (Å²) in [5, 5.41) is 6.86. The van der Waals surface area contributed by atoms with Crippen LogP contribution in [0.4, 0.5) is 5.13 Å². The molecule has 1 aliphatic rings. The second-order valence-corrected chi connectivity index (χ2v) is 5.29. The maximum Gasteiger partial charge on any atom is 0.334 e. The fraction of sp³-hybridized carbons (Fsp3) is 0.182. The minimum absolute atomic E-state index is 0. The number of fused-ring (bicyclic) bond motifs is 1. The molecule has 1 aliphatic heterocycles. The Morgan fingerprint density at radius 2 is 2.00 bits per heavy atom. The summed E-state index contributed by atoms with van der Waals surface area (Å²) in [6.45, 7) is 2.13. The molecule has 0 spiro atoms. The van der Waals surface area contributed by atoms with E-state index in [0.717, 1.165) is 17.6 Å². The lowest BCUT2D eigenvalue weighted by Crippen LogP contribution is -3.00. The zero-order chi connectivity index (χ0) is 10.3. The van der Waals surface area contributed by atoms with Crippen LogP contribution in [-0.4, -0.2) is 6.54 Å². The van der Waals surface area contributed by atoms with Crippen molar-refractivity contribution in [3.05, 3.63) is 34.1 Å². The van der Waals surface area contributed by atoms with Crippen LogP contribution in [0.15, 0.2) is 34.1 Å². The lowest BCUT2D eigenvalue weighted by molar-refractivity contribution is -0.655. The topological polar surface area (TPSA) is 15.9 Å². The highest BCUT2D eigenvalue weighted by Gasteiger charge is 2.23. The van der Waals surface area contributed by atoms with Gasteiger partial charge in [0.15, 0.2) is 0 Å². The van der Waals surface area contributed by atoms with Gasteiger partial charge in [-0.1, -0.05) is 27.3 Å². The molecule has 2 heterocycles. The summed E-state index contributed by atoms with van der Waals surface area (Å²) in [7, 11) is 0. The van der Waals surface area contributed by atoms with Gasteiger partial charge >= 0.3 is 5.13 Å². The molecule has 0 fully saturated rings. The average molecular weight is 362 g/mol. The molecular formula is C11H10Br2N2S. The van der Waals surface area contributed by atoms with Gasteiger partial charge in [0.1, 0.15) is 18.8 Å². The van der Waals surface area contributed by atoms with Gasteiger partial charge in [0.05, 0.1) is 0 Å². The van der Waals surface area contributed by atoms with Crippen molar-refractivity contribution in [1.82, 2.24) is 0 Å². The Balaban J connectivity index is 0.000000963. The number of hydrogen-bond donors (Lipinski definition) is 1. The highest BCUT2D eigenvalue weighted by atomic mass is 79.9. The summed E-state index contributed by atoms with van der Waals surface area (Å²) in [5.74, 6) is 0. The van der Waals surface area contributed by atoms with Crippen LogP contribution in [0.2, 0.25) is 0 Å². The summed E-state index contributed by atoms with van der Waals surface area (Å²) >= 11 is 5.23. The van der Waals surface area contributed by atoms with Crippen LogP contribution in [0.1, 0.15) is 0 Å². The van der Waals surface area contributed by atoms with Gasteiger partial charge in [0.25, 0.3) is 0 Å². The first-order valence-electron chi connectivity index (χ1n) is 4.86. The Morgan fingerprint density at radius 1 is 1.25 bits per heavy atom. The molecule has 1 N–H and O–H groups in total. The van der Waals surface area contributed by atoms with E-state index < -0.39 is 0 Å². The predicted octanol–water partition coefficient (Wildman–Crippen LogP) is -0.105. The number of anilines is 1. The van der Waals surface area contributed by atoms with Crippen LogP contribution in [0, 0.1) is 0 Å². The van der Waals surface area contributed by atoms with Crippen molar-refractivity contribution < 1.29 is 21.5 Å². The monoisotopic (exact) mass is 360 g/mol. The molecule has 0 unspecified atom stereocenters. The molecule has 2 nitrogen and oxygen atoms in total. The summed E-state index contributed by atoms with van der Waals surface area (Å²) in [4.78, 5) is 0. The zero-order valence-corrected chi connectivity index (χ0v) is 12.4. The minimum Gasteiger partial charge on any atom is -1.00 e. The fourth-order valence-corrected chi connectivity index (χ4v) is 3.08. The Morgan fingerprint density at radius 3 is 2.75 bits per heavy atom. The molecule has 0 saturated heterocycles. The number of nitrogens with zero attached hydrogens (tertiary/aromatic N) is 1. The van der Waals surface area contributed by atoms with E-state index in [4.69, 9.17) is 0 Å². The van der Waals surface area contributed by atoms with Gasteiger partial charge in [-0.15, -0.1) is 0 Å². The van der Waals surface area contributed by atoms with Crippen molar-refractivity contribution in [2.45, 2.75) is 6.54 Å². The lowest BCUT2D eigenvalue weighted by atomic mass is 10.2. The largest absolute Gasteiger partial charge is 1.00 e. The van der Waals surface area contributed by atoms with Gasteiger partial charge in [-0.2, -0.15) is 0 Å². The Bertz CT molecular complexity index is 493. The summed E-state index contributed by atoms with van der Waals surface area (Å²) in [6.07, 6.45) is 0. The Hall–Kier alpha value is -0.390. The quantitative estimate of drug-likeness (QED) is 0.701. The molecule has 5 heteroatoms. The molecule has 16 heavy (non-hydrogen) atoms. The maximum absolute atomic E-state index is 3.45. The van der Waals surface area contributed by atoms with Crippen LogP contribution in [0.3, 0.4) is 0 Å². The van der Waals surface area contributed by atoms with Crippen LogP contribution in [0.25, 0.3) is 11.3 Å². The van der Waals surface area contributed by atoms with Crippen molar-refractivity contribution in [2.75, 3.05) is 11.9 Å². The third kappa shape index (κ3) is 2.04. The fourth-order valence-electron chi connectivity index (χ4n) is 1.83. The number of hydrogen-bond acceptors (Lipinski definition) is 2. The smallest absolute Gasteiger partial charge is 0.334 e. The Labute approximate surface area is 117 Å². The molecular weight excluding hydrogens is 352 g/mol. The number of halogens is 2. The molecule has 0 bridgehead atoms. The van der Waals surface area contributed by atoms with Crippen LogP contribution >= 0.6 is 27.3 Å². The summed E-state index contributed by atoms with van der Waals surface area (Å²) in [5.41, 5.74) is 2.59. The van der Waals surface area contributed by atoms with E-state index in [9.17, 15) is 0 Å². The highest BCUT2D eigenvalue weighted by Crippen LogP contribution is 2.26. The highest BCUT2D eigenvalue weighted by molar-refractivity contribution is 9.10. The first-order valence-corrected chi connectivity index (χ1v) is 6.53. The zero-order valence-electron chi connectivity index (χ0n) is 8.41. The number of rotatable bonds is 1. The molecule has 0 saturated carbocycles. The molecule has 0 radical (unpaired) electrons. The normalized spacial score (nSPS) is 12.8. The SMILES string of the molecule is Brc1ccc(-c2csc3[n+]2CCN3)cc1.[Br-]. The van der Waals surface area contributed by atoms with Crippen molar-refractivity contribution in [1.29, 1.82) is 0 Å². The van der Waals surface area contributed by atoms with E-state index in [2.05, 4.69) is 55.5 Å². The second-order valence-electron chi connectivity index (χ2n) is 3.51. The van der Waals surface area contributed by atoms with E-state index >= 15 is 0 Å². The number of aromatic nitrogens is 1. The van der Waals surface area contributed by atoms with E-state index in [-0.39, 0.29) is 17.0 Å². The third-order valence-corrected chi connectivity index (χ3v) is 4.03. The lowest BCUT2D eigenvalue weighted by Gasteiger charge is -1.98. The van der Waals surface area contributed by atoms with Crippen LogP contribution in [-0.2, 0) is 6.54 Å². The molecule has 2 aromatic rings. The third-order valence-electron chi connectivity index (χ3n) is 2.57. The van der Waals surface area contributed by atoms with Gasteiger partial charge < -0.3 is 17.0 Å². The van der Waals surface area contributed by atoms with Crippen LogP contribution in [0.5, 0.6) is 0 Å². The summed E-state index contributed by atoms with van der Waals surface area (Å²) in [6, 6.07) is 8.47. The van der Waals surface area contributed by atoms with Crippen molar-refractivity contribution in [3.8, 4) is 11.3 Å². The maximum atomic E-state index is 3.45. The number of benzene rings is 1. The van der Waals surface area contributed by atoms with Crippen molar-refractivity contribution >= 4 is 32.4 Å². The molecule has 0 aliphatic carbocycles. The van der Waals surface area contributed by atoms with Crippen molar-refractivity contribution in [2.24, 2.45) is 0 Å². The van der Waals surface area contributed by atoms with Crippen molar-refractivity contribution in [3.63, 3.8) is 0 Å². The molecule has 0 amide bonds. The van der Waals surface area contributed by atoms with Gasteiger partial charge in [-0.3, -0.25) is 5.32 Å². The van der Waals surface area contributed by atoms with Gasteiger partial charge in [0.2, 0.25) is 0 Å². The minimum atomic E-state index is 0. The molecule has 84 valence electrons. The number of thiazole rings is 1. The molecule has 1 aromatic heterocycles. The first-order chi connectivity index (χ1) is 7.34. The van der Waals surface area contributed by atoms with Gasteiger partial charge in [0, 0.05) is 15.4 Å². The second kappa shape index (κ2) is 4.85. The molecule has 0 atom stereocenters. The Kier molecular flexibility index (Phi) is 3.66. The number of nitrogens with one attached hydrogen (secondary N) is 1. The molecule has 3 rings (SSSR count).